The van der Waals surface area contributed by atoms with Crippen molar-refractivity contribution in [2.75, 3.05) is 20.2 Å². The van der Waals surface area contributed by atoms with Gasteiger partial charge in [-0.25, -0.2) is 0 Å². The molecular formula is C19H22N2O3. The van der Waals surface area contributed by atoms with E-state index in [2.05, 4.69) is 11.0 Å². The van der Waals surface area contributed by atoms with Crippen LogP contribution in [-0.4, -0.2) is 34.8 Å². The molecule has 1 aromatic carbocycles. The van der Waals surface area contributed by atoms with Gasteiger partial charge < -0.3 is 14.4 Å². The van der Waals surface area contributed by atoms with Crippen LogP contribution in [0, 0.1) is 5.92 Å². The van der Waals surface area contributed by atoms with Gasteiger partial charge in [-0.1, -0.05) is 12.1 Å². The lowest BCUT2D eigenvalue weighted by atomic mass is 9.83. The van der Waals surface area contributed by atoms with Gasteiger partial charge in [-0.3, -0.25) is 9.69 Å². The van der Waals surface area contributed by atoms with Gasteiger partial charge in [0.15, 0.2) is 11.5 Å². The minimum atomic E-state index is 0.121. The van der Waals surface area contributed by atoms with Crippen LogP contribution in [0.2, 0.25) is 0 Å². The molecule has 2 bridgehead atoms. The number of fused-ring (bicyclic) bond motifs is 4. The Labute approximate surface area is 141 Å². The summed E-state index contributed by atoms with van der Waals surface area (Å²) >= 11 is 0. The van der Waals surface area contributed by atoms with Crippen LogP contribution in [0.5, 0.6) is 11.5 Å². The van der Waals surface area contributed by atoms with Crippen LogP contribution in [0.3, 0.4) is 0 Å². The lowest BCUT2D eigenvalue weighted by molar-refractivity contribution is 0.114. The number of rotatable bonds is 3. The Hall–Kier alpha value is -2.27. The molecule has 5 nitrogen and oxygen atoms in total. The molecule has 3 heterocycles. The van der Waals surface area contributed by atoms with Crippen molar-refractivity contribution in [2.45, 2.75) is 25.4 Å². The summed E-state index contributed by atoms with van der Waals surface area (Å²) in [5.41, 5.74) is 2.37. The predicted molar refractivity (Wildman–Crippen MR) is 91.5 cm³/mol. The number of hydrogen-bond acceptors (Lipinski definition) is 4. The van der Waals surface area contributed by atoms with Crippen molar-refractivity contribution in [3.8, 4) is 11.5 Å². The van der Waals surface area contributed by atoms with E-state index in [0.717, 1.165) is 38.2 Å². The Morgan fingerprint density at radius 2 is 2.08 bits per heavy atom. The molecule has 0 saturated carbocycles. The van der Waals surface area contributed by atoms with E-state index < -0.39 is 0 Å². The number of aromatic hydroxyl groups is 1. The monoisotopic (exact) mass is 326 g/mol. The van der Waals surface area contributed by atoms with Crippen molar-refractivity contribution in [3.63, 3.8) is 0 Å². The number of ether oxygens (including phenoxy) is 1. The normalized spacial score (nSPS) is 22.9. The van der Waals surface area contributed by atoms with Crippen molar-refractivity contribution >= 4 is 0 Å². The topological polar surface area (TPSA) is 54.7 Å². The van der Waals surface area contributed by atoms with E-state index in [1.54, 1.807) is 19.2 Å². The molecule has 1 saturated heterocycles. The average Bonchev–Trinajstić information content (AvgIpc) is 2.56. The molecule has 24 heavy (non-hydrogen) atoms. The Kier molecular flexibility index (Phi) is 3.81. The average molecular weight is 326 g/mol. The number of likely N-dealkylation sites (tertiary alicyclic amines) is 1. The molecule has 2 aromatic rings. The third-order valence-electron chi connectivity index (χ3n) is 5.20. The van der Waals surface area contributed by atoms with Crippen LogP contribution < -0.4 is 10.3 Å². The summed E-state index contributed by atoms with van der Waals surface area (Å²) < 4.78 is 7.06. The van der Waals surface area contributed by atoms with E-state index in [0.29, 0.717) is 17.6 Å². The van der Waals surface area contributed by atoms with Gasteiger partial charge in [0.2, 0.25) is 0 Å². The summed E-state index contributed by atoms with van der Waals surface area (Å²) in [4.78, 5) is 14.5. The first-order chi connectivity index (χ1) is 11.6. The van der Waals surface area contributed by atoms with Crippen molar-refractivity contribution in [1.82, 2.24) is 9.47 Å². The predicted octanol–water partition coefficient (Wildman–Crippen LogP) is 2.18. The Balaban J connectivity index is 1.54. The van der Waals surface area contributed by atoms with Crippen molar-refractivity contribution in [3.05, 3.63) is 58.0 Å². The lowest BCUT2D eigenvalue weighted by Crippen LogP contribution is -2.46. The van der Waals surface area contributed by atoms with Gasteiger partial charge in [0.1, 0.15) is 0 Å². The number of pyridine rings is 1. The highest BCUT2D eigenvalue weighted by Crippen LogP contribution is 2.36. The largest absolute Gasteiger partial charge is 0.504 e. The van der Waals surface area contributed by atoms with Gasteiger partial charge in [0, 0.05) is 43.9 Å². The van der Waals surface area contributed by atoms with Crippen LogP contribution >= 0.6 is 0 Å². The number of benzene rings is 1. The van der Waals surface area contributed by atoms with Crippen LogP contribution in [0.25, 0.3) is 0 Å². The molecular weight excluding hydrogens is 304 g/mol. The highest BCUT2D eigenvalue weighted by Gasteiger charge is 2.34. The smallest absolute Gasteiger partial charge is 0.250 e. The van der Waals surface area contributed by atoms with Crippen LogP contribution in [0.15, 0.2) is 41.2 Å². The van der Waals surface area contributed by atoms with E-state index in [4.69, 9.17) is 4.74 Å². The highest BCUT2D eigenvalue weighted by atomic mass is 16.5. The minimum absolute atomic E-state index is 0.121. The van der Waals surface area contributed by atoms with Gasteiger partial charge in [-0.2, -0.15) is 0 Å². The Bertz CT molecular complexity index is 814. The van der Waals surface area contributed by atoms with Gasteiger partial charge in [0.05, 0.1) is 7.11 Å². The first-order valence-electron chi connectivity index (χ1n) is 8.42. The van der Waals surface area contributed by atoms with E-state index in [1.807, 2.05) is 22.8 Å². The van der Waals surface area contributed by atoms with E-state index in [1.165, 1.54) is 5.69 Å². The Morgan fingerprint density at radius 3 is 2.88 bits per heavy atom. The lowest BCUT2D eigenvalue weighted by Gasteiger charge is -2.42. The first kappa shape index (κ1) is 15.3. The summed E-state index contributed by atoms with van der Waals surface area (Å²) in [7, 11) is 1.56. The molecule has 5 heteroatoms. The number of aromatic nitrogens is 1. The van der Waals surface area contributed by atoms with E-state index >= 15 is 0 Å². The van der Waals surface area contributed by atoms with Gasteiger partial charge in [0.25, 0.3) is 5.56 Å². The molecule has 1 fully saturated rings. The standard InChI is InChI=1S/C19H22N2O3/c1-24-18-6-5-13(8-17(18)22)9-20-10-14-7-15(12-20)16-3-2-4-19(23)21(16)11-14/h2-6,8,14-15,22H,7,9-12H2,1H3. The molecule has 0 aliphatic carbocycles. The van der Waals surface area contributed by atoms with E-state index in [-0.39, 0.29) is 11.3 Å². The number of phenols is 1. The number of nitrogens with zero attached hydrogens (tertiary/aromatic N) is 2. The second-order valence-corrected chi connectivity index (χ2v) is 6.90. The summed E-state index contributed by atoms with van der Waals surface area (Å²) in [6.07, 6.45) is 1.16. The molecule has 126 valence electrons. The SMILES string of the molecule is COc1ccc(CN2CC3CC(C2)c2cccc(=O)n2C3)cc1O. The number of methoxy groups -OCH3 is 1. The maximum absolute atomic E-state index is 12.1. The molecule has 0 amide bonds. The summed E-state index contributed by atoms with van der Waals surface area (Å²) in [5.74, 6) is 1.62. The zero-order valence-corrected chi connectivity index (χ0v) is 13.8. The zero-order chi connectivity index (χ0) is 16.7. The summed E-state index contributed by atoms with van der Waals surface area (Å²) in [5, 5.41) is 9.96. The van der Waals surface area contributed by atoms with Crippen LogP contribution in [-0.2, 0) is 13.1 Å². The van der Waals surface area contributed by atoms with E-state index in [9.17, 15) is 9.90 Å². The molecule has 2 aliphatic heterocycles. The number of piperidine rings is 1. The number of hydrogen-bond donors (Lipinski definition) is 1. The first-order valence-corrected chi connectivity index (χ1v) is 8.42. The number of phenolic OH excluding ortho intramolecular Hbond substituents is 1. The van der Waals surface area contributed by atoms with Gasteiger partial charge in [-0.05, 0) is 36.1 Å². The van der Waals surface area contributed by atoms with Crippen LogP contribution in [0.1, 0.15) is 23.6 Å². The molecule has 2 atom stereocenters. The molecule has 2 aliphatic rings. The zero-order valence-electron chi connectivity index (χ0n) is 13.8. The van der Waals surface area contributed by atoms with Crippen molar-refractivity contribution in [1.29, 1.82) is 0 Å². The fraction of sp³-hybridized carbons (Fsp3) is 0.421. The molecule has 2 unspecified atom stereocenters. The maximum atomic E-state index is 12.1. The van der Waals surface area contributed by atoms with Gasteiger partial charge >= 0.3 is 0 Å². The summed E-state index contributed by atoms with van der Waals surface area (Å²) in [6, 6.07) is 11.2. The van der Waals surface area contributed by atoms with Gasteiger partial charge in [-0.15, -0.1) is 0 Å². The maximum Gasteiger partial charge on any atom is 0.250 e. The van der Waals surface area contributed by atoms with Crippen LogP contribution in [0.4, 0.5) is 0 Å². The molecule has 1 aromatic heterocycles. The molecule has 1 N–H and O–H groups in total. The second-order valence-electron chi connectivity index (χ2n) is 6.90. The fourth-order valence-corrected chi connectivity index (χ4v) is 4.22. The minimum Gasteiger partial charge on any atom is -0.504 e. The molecule has 4 rings (SSSR count). The quantitative estimate of drug-likeness (QED) is 0.939. The highest BCUT2D eigenvalue weighted by molar-refractivity contribution is 5.41. The second kappa shape index (κ2) is 5.98. The van der Waals surface area contributed by atoms with Crippen molar-refractivity contribution < 1.29 is 9.84 Å². The fourth-order valence-electron chi connectivity index (χ4n) is 4.22. The van der Waals surface area contributed by atoms with Crippen molar-refractivity contribution in [2.24, 2.45) is 5.92 Å². The molecule has 0 spiro atoms. The third-order valence-corrected chi connectivity index (χ3v) is 5.20. The third kappa shape index (κ3) is 2.69. The Morgan fingerprint density at radius 1 is 1.21 bits per heavy atom. The summed E-state index contributed by atoms with van der Waals surface area (Å²) in [6.45, 7) is 3.56. The molecule has 0 radical (unpaired) electrons.